The van der Waals surface area contributed by atoms with Crippen molar-refractivity contribution in [2.24, 2.45) is 0 Å². The van der Waals surface area contributed by atoms with E-state index in [1.54, 1.807) is 63.7 Å². The lowest BCUT2D eigenvalue weighted by Crippen LogP contribution is -2.12. The number of fused-ring (bicyclic) bond motifs is 6. The minimum Gasteiger partial charge on any atom is -0.309 e. The molecule has 12 heteroatoms. The third kappa shape index (κ3) is 7.02. The molecule has 66 heavy (non-hydrogen) atoms. The molecule has 0 spiro atoms. The second kappa shape index (κ2) is 15.2. The number of nitrogens with zero attached hydrogens (tertiary/aromatic N) is 3. The first kappa shape index (κ1) is 42.2. The topological polar surface area (TPSA) is 33.6 Å². The second-order valence-electron chi connectivity index (χ2n) is 16.3. The highest BCUT2D eigenvalue weighted by Gasteiger charge is 2.39. The summed E-state index contributed by atoms with van der Waals surface area (Å²) in [5.41, 5.74) is 2.65. The number of halogens is 9. The number of aryl methyl sites for hydroxylation is 2. The Hall–Kier alpha value is -7.78. The maximum absolute atomic E-state index is 15.5. The van der Waals surface area contributed by atoms with E-state index < -0.39 is 40.8 Å². The van der Waals surface area contributed by atoms with E-state index in [4.69, 9.17) is 0 Å². The van der Waals surface area contributed by atoms with Crippen molar-refractivity contribution >= 4 is 43.6 Å². The largest absolute Gasteiger partial charge is 0.417 e. The Morgan fingerprint density at radius 1 is 0.424 bits per heavy atom. The Kier molecular flexibility index (Phi) is 9.69. The van der Waals surface area contributed by atoms with Crippen molar-refractivity contribution in [3.63, 3.8) is 0 Å². The number of hydrogen-bond acceptors (Lipinski definition) is 1. The van der Waals surface area contributed by atoms with Crippen molar-refractivity contribution in [3.05, 3.63) is 191 Å². The van der Waals surface area contributed by atoms with E-state index in [0.717, 1.165) is 51.2 Å². The number of alkyl halides is 9. The zero-order valence-corrected chi connectivity index (χ0v) is 34.8. The van der Waals surface area contributed by atoms with Crippen molar-refractivity contribution < 1.29 is 39.5 Å². The molecule has 0 bridgehead atoms. The molecule has 0 atom stereocenters. The van der Waals surface area contributed by atoms with Crippen LogP contribution in [0.4, 0.5) is 39.5 Å². The molecule has 2 aromatic heterocycles. The summed E-state index contributed by atoms with van der Waals surface area (Å²) in [5.74, 6) is 0. The predicted octanol–water partition coefficient (Wildman–Crippen LogP) is 16.4. The zero-order valence-electron chi connectivity index (χ0n) is 34.8. The van der Waals surface area contributed by atoms with Gasteiger partial charge in [-0.1, -0.05) is 90.5 Å². The van der Waals surface area contributed by atoms with Crippen LogP contribution in [0.5, 0.6) is 0 Å². The van der Waals surface area contributed by atoms with Crippen LogP contribution >= 0.6 is 0 Å². The predicted molar refractivity (Wildman–Crippen MR) is 241 cm³/mol. The van der Waals surface area contributed by atoms with Gasteiger partial charge in [-0.15, -0.1) is 0 Å². The molecule has 0 aliphatic rings. The van der Waals surface area contributed by atoms with Gasteiger partial charge in [0.05, 0.1) is 61.8 Å². The molecular formula is C54H32F9N3. The van der Waals surface area contributed by atoms with E-state index in [1.165, 1.54) is 18.2 Å². The van der Waals surface area contributed by atoms with Gasteiger partial charge in [0.1, 0.15) is 0 Å². The molecule has 0 saturated heterocycles. The number of para-hydroxylation sites is 2. The SMILES string of the molecule is Cc1ccc(-c2ccc3c(c2)c2ccccc2n3-c2cc(C(F)(F)F)cc(-n3c4ccccc4c4cc(-c5ccc(C(F)(F)F)cc5C(F)(F)F)ccc43)c2-c2cccc(C#N)c2)c(C)c1. The van der Waals surface area contributed by atoms with E-state index in [1.807, 2.05) is 62.4 Å². The lowest BCUT2D eigenvalue weighted by Gasteiger charge is -2.23. The molecule has 0 radical (unpaired) electrons. The highest BCUT2D eigenvalue weighted by molar-refractivity contribution is 6.13. The fourth-order valence-electron chi connectivity index (χ4n) is 9.31. The van der Waals surface area contributed by atoms with E-state index in [2.05, 4.69) is 12.1 Å². The highest BCUT2D eigenvalue weighted by atomic mass is 19.4. The normalized spacial score (nSPS) is 12.5. The molecule has 0 aliphatic carbocycles. The van der Waals surface area contributed by atoms with Crippen LogP contribution in [0.1, 0.15) is 33.4 Å². The number of aromatic nitrogens is 2. The summed E-state index contributed by atoms with van der Waals surface area (Å²) in [6.45, 7) is 4.03. The molecule has 0 amide bonds. The molecule has 0 saturated carbocycles. The van der Waals surface area contributed by atoms with E-state index in [0.29, 0.717) is 50.0 Å². The Balaban J connectivity index is 1.31. The van der Waals surface area contributed by atoms with Crippen LogP contribution in [-0.4, -0.2) is 9.13 Å². The van der Waals surface area contributed by atoms with Crippen LogP contribution in [0.25, 0.3) is 88.4 Å². The summed E-state index contributed by atoms with van der Waals surface area (Å²) in [6, 6.07) is 42.6. The number of benzene rings is 8. The standard InChI is InChI=1S/C54H32F9N3/c1-30-14-18-38(31(2)22-30)33-15-20-47-42(24-33)40-10-3-5-12-45(40)65(47)49-27-37(53(58,59)60)28-50(51(49)35-9-7-8-32(23-35)29-64)66-46-13-6-4-11-41(46)43-25-34(16-21-48(43)66)39-19-17-36(52(55,56)57)26-44(39)54(61,62)63/h3-28H,1-2H3. The minimum absolute atomic E-state index is 0.0522. The number of hydrogen-bond donors (Lipinski definition) is 0. The van der Waals surface area contributed by atoms with Crippen molar-refractivity contribution in [2.45, 2.75) is 32.4 Å². The smallest absolute Gasteiger partial charge is 0.309 e. The average molecular weight is 894 g/mol. The fraction of sp³-hybridized carbons (Fsp3) is 0.0926. The van der Waals surface area contributed by atoms with Crippen LogP contribution < -0.4 is 0 Å². The van der Waals surface area contributed by atoms with Crippen LogP contribution in [0.3, 0.4) is 0 Å². The molecule has 326 valence electrons. The zero-order chi connectivity index (χ0) is 46.4. The quantitative estimate of drug-likeness (QED) is 0.159. The van der Waals surface area contributed by atoms with Gasteiger partial charge in [0.2, 0.25) is 0 Å². The average Bonchev–Trinajstić information content (AvgIpc) is 3.79. The van der Waals surface area contributed by atoms with Crippen LogP contribution in [-0.2, 0) is 18.5 Å². The molecule has 0 fully saturated rings. The maximum atomic E-state index is 15.5. The Labute approximate surface area is 370 Å². The lowest BCUT2D eigenvalue weighted by atomic mass is 9.95. The summed E-state index contributed by atoms with van der Waals surface area (Å²) in [5, 5.41) is 12.5. The third-order valence-electron chi connectivity index (χ3n) is 12.2. The minimum atomic E-state index is -5.16. The summed E-state index contributed by atoms with van der Waals surface area (Å²) < 4.78 is 134. The van der Waals surface area contributed by atoms with E-state index in [9.17, 15) is 31.6 Å². The van der Waals surface area contributed by atoms with Crippen molar-refractivity contribution in [1.82, 2.24) is 9.13 Å². The van der Waals surface area contributed by atoms with Crippen LogP contribution in [0.2, 0.25) is 0 Å². The molecule has 10 rings (SSSR count). The van der Waals surface area contributed by atoms with Crippen molar-refractivity contribution in [3.8, 4) is 50.8 Å². The van der Waals surface area contributed by atoms with Gasteiger partial charge in [0.15, 0.2) is 0 Å². The molecule has 3 nitrogen and oxygen atoms in total. The first-order chi connectivity index (χ1) is 31.4. The molecular weight excluding hydrogens is 862 g/mol. The van der Waals surface area contributed by atoms with Gasteiger partial charge in [-0.05, 0) is 120 Å². The third-order valence-corrected chi connectivity index (χ3v) is 12.2. The molecule has 2 heterocycles. The van der Waals surface area contributed by atoms with Crippen molar-refractivity contribution in [2.75, 3.05) is 0 Å². The Morgan fingerprint density at radius 2 is 0.955 bits per heavy atom. The molecule has 0 unspecified atom stereocenters. The van der Waals surface area contributed by atoms with E-state index in [-0.39, 0.29) is 28.6 Å². The van der Waals surface area contributed by atoms with Gasteiger partial charge in [0, 0.05) is 27.1 Å². The van der Waals surface area contributed by atoms with Gasteiger partial charge in [-0.25, -0.2) is 0 Å². The van der Waals surface area contributed by atoms with Gasteiger partial charge >= 0.3 is 18.5 Å². The first-order valence-electron chi connectivity index (χ1n) is 20.6. The van der Waals surface area contributed by atoms with Gasteiger partial charge < -0.3 is 9.13 Å². The van der Waals surface area contributed by atoms with Crippen LogP contribution in [0.15, 0.2) is 158 Å². The monoisotopic (exact) mass is 893 g/mol. The molecule has 0 N–H and O–H groups in total. The Morgan fingerprint density at radius 3 is 1.48 bits per heavy atom. The Bertz CT molecular complexity index is 3650. The lowest BCUT2D eigenvalue weighted by molar-refractivity contribution is -0.143. The van der Waals surface area contributed by atoms with Gasteiger partial charge in [0.25, 0.3) is 0 Å². The first-order valence-corrected chi connectivity index (χ1v) is 20.6. The molecule has 10 aromatic rings. The van der Waals surface area contributed by atoms with Gasteiger partial charge in [-0.2, -0.15) is 44.8 Å². The summed E-state index contributed by atoms with van der Waals surface area (Å²) in [6.07, 6.45) is -15.1. The fourth-order valence-corrected chi connectivity index (χ4v) is 9.31. The summed E-state index contributed by atoms with van der Waals surface area (Å²) in [4.78, 5) is 0. The van der Waals surface area contributed by atoms with E-state index >= 15 is 13.2 Å². The highest BCUT2D eigenvalue weighted by Crippen LogP contribution is 2.47. The second-order valence-corrected chi connectivity index (χ2v) is 16.3. The number of nitriles is 1. The molecule has 8 aromatic carbocycles. The maximum Gasteiger partial charge on any atom is 0.417 e. The summed E-state index contributed by atoms with van der Waals surface area (Å²) in [7, 11) is 0. The summed E-state index contributed by atoms with van der Waals surface area (Å²) >= 11 is 0. The molecule has 0 aliphatic heterocycles. The van der Waals surface area contributed by atoms with Crippen LogP contribution in [0, 0.1) is 25.2 Å². The van der Waals surface area contributed by atoms with Gasteiger partial charge in [-0.3, -0.25) is 0 Å². The number of rotatable bonds is 5. The van der Waals surface area contributed by atoms with Crippen molar-refractivity contribution in [1.29, 1.82) is 5.26 Å².